The molecule has 3 aromatic rings. The molecule has 5 heteroatoms. The lowest BCUT2D eigenvalue weighted by Crippen LogP contribution is -2.28. The second-order valence-corrected chi connectivity index (χ2v) is 6.59. The molecular weight excluding hydrogens is 342 g/mol. The number of pyridine rings is 1. The van der Waals surface area contributed by atoms with Crippen LogP contribution in [0.3, 0.4) is 0 Å². The summed E-state index contributed by atoms with van der Waals surface area (Å²) < 4.78 is 0. The fourth-order valence-corrected chi connectivity index (χ4v) is 3.56. The summed E-state index contributed by atoms with van der Waals surface area (Å²) in [7, 11) is 0. The summed E-state index contributed by atoms with van der Waals surface area (Å²) in [6, 6.07) is 24.9. The van der Waals surface area contributed by atoms with Crippen LogP contribution in [0.2, 0.25) is 0 Å². The lowest BCUT2D eigenvalue weighted by atomic mass is 10.2. The van der Waals surface area contributed by atoms with Gasteiger partial charge in [-0.1, -0.05) is 54.6 Å². The van der Waals surface area contributed by atoms with Gasteiger partial charge in [-0.3, -0.25) is 9.69 Å². The molecule has 26 heavy (non-hydrogen) atoms. The monoisotopic (exact) mass is 357 g/mol. The van der Waals surface area contributed by atoms with Crippen molar-refractivity contribution in [3.8, 4) is 0 Å². The Morgan fingerprint density at radius 3 is 2.27 bits per heavy atom. The Bertz CT molecular complexity index is 970. The number of aromatic nitrogens is 1. The number of rotatable bonds is 3. The molecule has 0 radical (unpaired) electrons. The number of carbonyl (C=O) groups is 1. The van der Waals surface area contributed by atoms with E-state index in [0.29, 0.717) is 15.9 Å². The molecule has 0 N–H and O–H groups in total. The quantitative estimate of drug-likeness (QED) is 0.627. The summed E-state index contributed by atoms with van der Waals surface area (Å²) in [5.41, 5.74) is 1.77. The molecule has 4 rings (SSSR count). The standard InChI is InChI=1S/C21H15N3OS/c25-20-18(15-16-9-3-1-4-10-16)26-21(23-19-13-7-8-14-22-19)24(20)17-11-5-2-6-12-17/h1-15H. The van der Waals surface area contributed by atoms with Crippen molar-refractivity contribution in [3.05, 3.63) is 95.5 Å². The van der Waals surface area contributed by atoms with Gasteiger partial charge in [-0.05, 0) is 47.7 Å². The first kappa shape index (κ1) is 16.3. The molecule has 1 aromatic heterocycles. The fourth-order valence-electron chi connectivity index (χ4n) is 2.57. The predicted molar refractivity (Wildman–Crippen MR) is 107 cm³/mol. The summed E-state index contributed by atoms with van der Waals surface area (Å²) in [5, 5.41) is 0.599. The van der Waals surface area contributed by atoms with Gasteiger partial charge in [0.25, 0.3) is 5.91 Å². The van der Waals surface area contributed by atoms with Crippen molar-refractivity contribution < 1.29 is 4.79 Å². The van der Waals surface area contributed by atoms with Gasteiger partial charge >= 0.3 is 0 Å². The highest BCUT2D eigenvalue weighted by molar-refractivity contribution is 8.19. The zero-order valence-corrected chi connectivity index (χ0v) is 14.6. The van der Waals surface area contributed by atoms with Crippen LogP contribution >= 0.6 is 11.8 Å². The van der Waals surface area contributed by atoms with Crippen molar-refractivity contribution >= 4 is 40.4 Å². The Kier molecular flexibility index (Phi) is 4.62. The van der Waals surface area contributed by atoms with E-state index in [0.717, 1.165) is 11.3 Å². The van der Waals surface area contributed by atoms with Gasteiger partial charge in [-0.25, -0.2) is 9.98 Å². The van der Waals surface area contributed by atoms with Crippen LogP contribution in [0.25, 0.3) is 6.08 Å². The van der Waals surface area contributed by atoms with Gasteiger partial charge in [-0.15, -0.1) is 0 Å². The van der Waals surface area contributed by atoms with Crippen LogP contribution in [0.1, 0.15) is 5.56 Å². The molecule has 2 aromatic carbocycles. The summed E-state index contributed by atoms with van der Waals surface area (Å²) in [4.78, 5) is 24.2. The molecule has 0 bridgehead atoms. The van der Waals surface area contributed by atoms with Crippen molar-refractivity contribution in [2.45, 2.75) is 0 Å². The van der Waals surface area contributed by atoms with Gasteiger partial charge in [0.15, 0.2) is 11.0 Å². The molecule has 126 valence electrons. The molecule has 1 aliphatic rings. The SMILES string of the molecule is O=C1C(=Cc2ccccc2)SC(=Nc2ccccn2)N1c1ccccc1. The van der Waals surface area contributed by atoms with Crippen LogP contribution in [-0.2, 0) is 4.79 Å². The Labute approximate surface area is 155 Å². The smallest absolute Gasteiger partial charge is 0.268 e. The highest BCUT2D eigenvalue weighted by Gasteiger charge is 2.34. The molecule has 1 aliphatic heterocycles. The molecular formula is C21H15N3OS. The van der Waals surface area contributed by atoms with Crippen LogP contribution in [0, 0.1) is 0 Å². The van der Waals surface area contributed by atoms with Crippen LogP contribution in [0.15, 0.2) is 95.0 Å². The highest BCUT2D eigenvalue weighted by atomic mass is 32.2. The second kappa shape index (κ2) is 7.37. The van der Waals surface area contributed by atoms with Crippen molar-refractivity contribution in [1.82, 2.24) is 4.98 Å². The van der Waals surface area contributed by atoms with Crippen LogP contribution in [0.4, 0.5) is 11.5 Å². The van der Waals surface area contributed by atoms with Gasteiger partial charge in [0, 0.05) is 6.20 Å². The number of benzene rings is 2. The lowest BCUT2D eigenvalue weighted by Gasteiger charge is -2.15. The molecule has 0 saturated carbocycles. The molecule has 4 nitrogen and oxygen atoms in total. The summed E-state index contributed by atoms with van der Waals surface area (Å²) in [6.45, 7) is 0. The third kappa shape index (κ3) is 3.43. The zero-order valence-electron chi connectivity index (χ0n) is 13.8. The van der Waals surface area contributed by atoms with Crippen molar-refractivity contribution in [1.29, 1.82) is 0 Å². The molecule has 0 unspecified atom stereocenters. The predicted octanol–water partition coefficient (Wildman–Crippen LogP) is 4.89. The van der Waals surface area contributed by atoms with E-state index in [1.54, 1.807) is 11.1 Å². The molecule has 1 fully saturated rings. The van der Waals surface area contributed by atoms with E-state index < -0.39 is 0 Å². The van der Waals surface area contributed by atoms with E-state index in [1.807, 2.05) is 84.9 Å². The Morgan fingerprint density at radius 2 is 1.58 bits per heavy atom. The topological polar surface area (TPSA) is 45.6 Å². The maximum Gasteiger partial charge on any atom is 0.271 e. The van der Waals surface area contributed by atoms with Gasteiger partial charge in [0.1, 0.15) is 0 Å². The van der Waals surface area contributed by atoms with Crippen LogP contribution in [-0.4, -0.2) is 16.1 Å². The van der Waals surface area contributed by atoms with E-state index in [-0.39, 0.29) is 5.91 Å². The molecule has 0 atom stereocenters. The normalized spacial score (nSPS) is 17.2. The van der Waals surface area contributed by atoms with Crippen molar-refractivity contribution in [3.63, 3.8) is 0 Å². The number of thioether (sulfide) groups is 1. The molecule has 1 amide bonds. The summed E-state index contributed by atoms with van der Waals surface area (Å²) in [6.07, 6.45) is 3.58. The van der Waals surface area contributed by atoms with E-state index in [1.165, 1.54) is 11.8 Å². The minimum atomic E-state index is -0.0836. The summed E-state index contributed by atoms with van der Waals surface area (Å²) >= 11 is 1.36. The molecule has 0 spiro atoms. The number of hydrogen-bond acceptors (Lipinski definition) is 4. The average Bonchev–Trinajstić information content (AvgIpc) is 2.99. The number of anilines is 1. The minimum Gasteiger partial charge on any atom is -0.268 e. The second-order valence-electron chi connectivity index (χ2n) is 5.58. The van der Waals surface area contributed by atoms with Gasteiger partial charge < -0.3 is 0 Å². The van der Waals surface area contributed by atoms with Gasteiger partial charge in [-0.2, -0.15) is 0 Å². The number of nitrogens with zero attached hydrogens (tertiary/aromatic N) is 3. The average molecular weight is 357 g/mol. The number of carbonyl (C=O) groups excluding carboxylic acids is 1. The Morgan fingerprint density at radius 1 is 0.885 bits per heavy atom. The first-order valence-electron chi connectivity index (χ1n) is 8.15. The first-order chi connectivity index (χ1) is 12.8. The molecule has 1 saturated heterocycles. The maximum absolute atomic E-state index is 13.0. The van der Waals surface area contributed by atoms with Crippen molar-refractivity contribution in [2.24, 2.45) is 4.99 Å². The highest BCUT2D eigenvalue weighted by Crippen LogP contribution is 2.36. The zero-order chi connectivity index (χ0) is 17.8. The molecule has 0 aliphatic carbocycles. The van der Waals surface area contributed by atoms with E-state index in [9.17, 15) is 4.79 Å². The number of amidine groups is 1. The van der Waals surface area contributed by atoms with E-state index in [4.69, 9.17) is 0 Å². The van der Waals surface area contributed by atoms with E-state index >= 15 is 0 Å². The molecule has 2 heterocycles. The maximum atomic E-state index is 13.0. The minimum absolute atomic E-state index is 0.0836. The van der Waals surface area contributed by atoms with Gasteiger partial charge in [0.2, 0.25) is 0 Å². The number of amides is 1. The van der Waals surface area contributed by atoms with Crippen molar-refractivity contribution in [2.75, 3.05) is 4.90 Å². The first-order valence-corrected chi connectivity index (χ1v) is 8.97. The number of hydrogen-bond donors (Lipinski definition) is 0. The van der Waals surface area contributed by atoms with E-state index in [2.05, 4.69) is 9.98 Å². The largest absolute Gasteiger partial charge is 0.271 e. The number of para-hydroxylation sites is 1. The van der Waals surface area contributed by atoms with Crippen LogP contribution in [0.5, 0.6) is 0 Å². The summed E-state index contributed by atoms with van der Waals surface area (Å²) in [5.74, 6) is 0.490. The number of aliphatic imine (C=N–C) groups is 1. The third-order valence-corrected chi connectivity index (χ3v) is 4.75. The Balaban J connectivity index is 1.77. The Hall–Kier alpha value is -3.18. The third-order valence-electron chi connectivity index (χ3n) is 3.78. The lowest BCUT2D eigenvalue weighted by molar-refractivity contribution is -0.113. The van der Waals surface area contributed by atoms with Gasteiger partial charge in [0.05, 0.1) is 10.6 Å². The van der Waals surface area contributed by atoms with Crippen LogP contribution < -0.4 is 4.90 Å². The fraction of sp³-hybridized carbons (Fsp3) is 0.